The molecule has 5 nitrogen and oxygen atoms in total. The predicted octanol–water partition coefficient (Wildman–Crippen LogP) is 6.23. The number of fused-ring (bicyclic) bond motifs is 1. The van der Waals surface area contributed by atoms with E-state index in [-0.39, 0.29) is 0 Å². The standard InChI is InChI=1S/C27H25N5/c1-4-5-22(14-19(2)3)21-8-6-20(7-9-21)16-30-27-29-13-12-26(32-27)23-10-11-25-24(15-23)17-28-18-31-25/h4-15,17-18H,2,16H2,1,3H3,(H,29,30,32)/b5-4-,22-14+. The first-order valence-corrected chi connectivity index (χ1v) is 10.5. The molecule has 32 heavy (non-hydrogen) atoms. The molecule has 0 saturated carbocycles. The van der Waals surface area contributed by atoms with Crippen molar-refractivity contribution < 1.29 is 0 Å². The Hall–Kier alpha value is -4.12. The molecule has 0 bridgehead atoms. The predicted molar refractivity (Wildman–Crippen MR) is 132 cm³/mol. The lowest BCUT2D eigenvalue weighted by atomic mass is 10.0. The van der Waals surface area contributed by atoms with E-state index in [9.17, 15) is 0 Å². The van der Waals surface area contributed by atoms with Crippen molar-refractivity contribution in [1.29, 1.82) is 0 Å². The van der Waals surface area contributed by atoms with Crippen LogP contribution in [0, 0.1) is 0 Å². The molecular formula is C27H25N5. The van der Waals surface area contributed by atoms with E-state index >= 15 is 0 Å². The number of nitrogens with zero attached hydrogens (tertiary/aromatic N) is 4. The van der Waals surface area contributed by atoms with Crippen molar-refractivity contribution in [3.05, 3.63) is 109 Å². The summed E-state index contributed by atoms with van der Waals surface area (Å²) in [7, 11) is 0. The minimum atomic E-state index is 0.591. The van der Waals surface area contributed by atoms with Crippen LogP contribution in [0.5, 0.6) is 0 Å². The van der Waals surface area contributed by atoms with Crippen LogP contribution in [0.4, 0.5) is 5.95 Å². The summed E-state index contributed by atoms with van der Waals surface area (Å²) in [6, 6.07) is 16.4. The topological polar surface area (TPSA) is 63.6 Å². The third-order valence-electron chi connectivity index (χ3n) is 4.94. The normalized spacial score (nSPS) is 11.8. The fourth-order valence-electron chi connectivity index (χ4n) is 3.42. The molecule has 0 amide bonds. The number of hydrogen-bond acceptors (Lipinski definition) is 5. The molecule has 2 aromatic carbocycles. The molecule has 0 fully saturated rings. The van der Waals surface area contributed by atoms with Gasteiger partial charge in [-0.3, -0.25) is 0 Å². The van der Waals surface area contributed by atoms with Crippen LogP contribution in [-0.4, -0.2) is 19.9 Å². The summed E-state index contributed by atoms with van der Waals surface area (Å²) in [6.07, 6.45) is 11.4. The van der Waals surface area contributed by atoms with Crippen LogP contribution in [0.1, 0.15) is 25.0 Å². The van der Waals surface area contributed by atoms with Crippen molar-refractivity contribution in [3.8, 4) is 11.3 Å². The highest BCUT2D eigenvalue weighted by Crippen LogP contribution is 2.22. The van der Waals surface area contributed by atoms with Crippen molar-refractivity contribution in [1.82, 2.24) is 19.9 Å². The Balaban J connectivity index is 1.48. The lowest BCUT2D eigenvalue weighted by molar-refractivity contribution is 1.06. The van der Waals surface area contributed by atoms with E-state index in [4.69, 9.17) is 0 Å². The van der Waals surface area contributed by atoms with Gasteiger partial charge in [-0.25, -0.2) is 19.9 Å². The van der Waals surface area contributed by atoms with Crippen LogP contribution in [0.25, 0.3) is 27.7 Å². The van der Waals surface area contributed by atoms with Crippen LogP contribution in [-0.2, 0) is 6.54 Å². The first-order chi connectivity index (χ1) is 15.6. The highest BCUT2D eigenvalue weighted by atomic mass is 15.1. The first kappa shape index (κ1) is 21.1. The van der Waals surface area contributed by atoms with E-state index in [1.165, 1.54) is 0 Å². The molecule has 0 aliphatic heterocycles. The van der Waals surface area contributed by atoms with Gasteiger partial charge in [0.25, 0.3) is 0 Å². The fourth-order valence-corrected chi connectivity index (χ4v) is 3.42. The molecular weight excluding hydrogens is 394 g/mol. The van der Waals surface area contributed by atoms with E-state index in [1.807, 2.05) is 50.4 Å². The second-order valence-electron chi connectivity index (χ2n) is 7.56. The number of nitrogens with one attached hydrogen (secondary N) is 1. The average molecular weight is 420 g/mol. The molecule has 0 aliphatic rings. The van der Waals surface area contributed by atoms with Crippen LogP contribution >= 0.6 is 0 Å². The molecule has 4 aromatic rings. The van der Waals surface area contributed by atoms with Crippen molar-refractivity contribution in [3.63, 3.8) is 0 Å². The highest BCUT2D eigenvalue weighted by Gasteiger charge is 2.05. The van der Waals surface area contributed by atoms with Gasteiger partial charge in [0.05, 0.1) is 11.2 Å². The van der Waals surface area contributed by atoms with Gasteiger partial charge >= 0.3 is 0 Å². The summed E-state index contributed by atoms with van der Waals surface area (Å²) in [5.41, 5.74) is 7.26. The van der Waals surface area contributed by atoms with Crippen LogP contribution in [0.15, 0.2) is 97.6 Å². The van der Waals surface area contributed by atoms with Crippen molar-refractivity contribution in [2.24, 2.45) is 0 Å². The Labute approximate surface area is 188 Å². The summed E-state index contributed by atoms with van der Waals surface area (Å²) < 4.78 is 0. The van der Waals surface area contributed by atoms with Gasteiger partial charge in [-0.1, -0.05) is 60.7 Å². The maximum absolute atomic E-state index is 4.68. The molecule has 0 saturated heterocycles. The Morgan fingerprint density at radius 1 is 1.06 bits per heavy atom. The number of hydrogen-bond donors (Lipinski definition) is 1. The van der Waals surface area contributed by atoms with E-state index in [2.05, 4.69) is 68.2 Å². The zero-order valence-corrected chi connectivity index (χ0v) is 18.3. The molecule has 0 spiro atoms. The van der Waals surface area contributed by atoms with E-state index in [0.29, 0.717) is 12.5 Å². The Morgan fingerprint density at radius 2 is 1.91 bits per heavy atom. The van der Waals surface area contributed by atoms with Gasteiger partial charge in [0, 0.05) is 29.9 Å². The maximum Gasteiger partial charge on any atom is 0.223 e. The molecule has 5 heteroatoms. The maximum atomic E-state index is 4.68. The van der Waals surface area contributed by atoms with Crippen LogP contribution in [0.2, 0.25) is 0 Å². The van der Waals surface area contributed by atoms with E-state index in [1.54, 1.807) is 12.5 Å². The lowest BCUT2D eigenvalue weighted by Crippen LogP contribution is -2.04. The largest absolute Gasteiger partial charge is 0.350 e. The molecule has 0 atom stereocenters. The smallest absolute Gasteiger partial charge is 0.223 e. The minimum Gasteiger partial charge on any atom is -0.350 e. The van der Waals surface area contributed by atoms with Gasteiger partial charge in [-0.15, -0.1) is 0 Å². The van der Waals surface area contributed by atoms with Gasteiger partial charge in [-0.05, 0) is 48.7 Å². The summed E-state index contributed by atoms with van der Waals surface area (Å²) in [4.78, 5) is 17.4. The first-order valence-electron chi connectivity index (χ1n) is 10.5. The molecule has 0 radical (unpaired) electrons. The third kappa shape index (κ3) is 5.13. The quantitative estimate of drug-likeness (QED) is 0.360. The molecule has 2 aromatic heterocycles. The van der Waals surface area contributed by atoms with E-state index in [0.717, 1.165) is 44.4 Å². The van der Waals surface area contributed by atoms with E-state index < -0.39 is 0 Å². The Kier molecular flexibility index (Phi) is 6.46. The van der Waals surface area contributed by atoms with Gasteiger partial charge in [0.1, 0.15) is 6.33 Å². The summed E-state index contributed by atoms with van der Waals surface area (Å²) in [6.45, 7) is 8.64. The van der Waals surface area contributed by atoms with Crippen LogP contribution in [0.3, 0.4) is 0 Å². The van der Waals surface area contributed by atoms with Crippen molar-refractivity contribution >= 4 is 22.4 Å². The van der Waals surface area contributed by atoms with Crippen molar-refractivity contribution in [2.45, 2.75) is 20.4 Å². The molecule has 1 N–H and O–H groups in total. The molecule has 0 unspecified atom stereocenters. The number of benzene rings is 2. The number of anilines is 1. The lowest BCUT2D eigenvalue weighted by Gasteiger charge is -2.09. The summed E-state index contributed by atoms with van der Waals surface area (Å²) in [5.74, 6) is 0.591. The van der Waals surface area contributed by atoms with Gasteiger partial charge < -0.3 is 5.32 Å². The molecule has 2 heterocycles. The van der Waals surface area contributed by atoms with Gasteiger partial charge in [0.2, 0.25) is 5.95 Å². The number of allylic oxidation sites excluding steroid dienone is 5. The van der Waals surface area contributed by atoms with Gasteiger partial charge in [-0.2, -0.15) is 0 Å². The van der Waals surface area contributed by atoms with Crippen LogP contribution < -0.4 is 5.32 Å². The highest BCUT2D eigenvalue weighted by molar-refractivity contribution is 5.83. The Bertz CT molecular complexity index is 1300. The number of aromatic nitrogens is 4. The zero-order chi connectivity index (χ0) is 22.3. The summed E-state index contributed by atoms with van der Waals surface area (Å²) in [5, 5.41) is 4.31. The number of rotatable bonds is 7. The van der Waals surface area contributed by atoms with Crippen molar-refractivity contribution in [2.75, 3.05) is 5.32 Å². The third-order valence-corrected chi connectivity index (χ3v) is 4.94. The zero-order valence-electron chi connectivity index (χ0n) is 18.3. The molecule has 4 rings (SSSR count). The SMILES string of the molecule is C=C(C)/C=C(\C=C/C)c1ccc(CNc2nccc(-c3ccc4ncncc4c3)n2)cc1. The second-order valence-corrected chi connectivity index (χ2v) is 7.56. The molecule has 158 valence electrons. The average Bonchev–Trinajstić information content (AvgIpc) is 2.82. The minimum absolute atomic E-state index is 0.591. The monoisotopic (exact) mass is 419 g/mol. The summed E-state index contributed by atoms with van der Waals surface area (Å²) >= 11 is 0. The fraction of sp³-hybridized carbons (Fsp3) is 0.111. The second kappa shape index (κ2) is 9.79. The van der Waals surface area contributed by atoms with Gasteiger partial charge in [0.15, 0.2) is 0 Å². The molecule has 0 aliphatic carbocycles. The Morgan fingerprint density at radius 3 is 2.69 bits per heavy atom.